The van der Waals surface area contributed by atoms with E-state index in [1.807, 2.05) is 17.1 Å². The van der Waals surface area contributed by atoms with Gasteiger partial charge in [-0.05, 0) is 12.8 Å². The lowest BCUT2D eigenvalue weighted by molar-refractivity contribution is 0.0589. The molecular weight excluding hydrogens is 270 g/mol. The average molecular weight is 298 g/mol. The van der Waals surface area contributed by atoms with Crippen molar-refractivity contribution in [3.05, 3.63) is 36.1 Å². The van der Waals surface area contributed by atoms with Gasteiger partial charge in [0.1, 0.15) is 5.83 Å². The van der Waals surface area contributed by atoms with Gasteiger partial charge in [0.15, 0.2) is 5.83 Å². The molecule has 0 N–H and O–H groups in total. The Labute approximate surface area is 127 Å². The number of allylic oxidation sites excluding steroid dienone is 2. The van der Waals surface area contributed by atoms with Crippen LogP contribution in [0.3, 0.4) is 0 Å². The topological polar surface area (TPSA) is 6.48 Å². The molecule has 0 aliphatic heterocycles. The lowest BCUT2D eigenvalue weighted by Gasteiger charge is -2.31. The van der Waals surface area contributed by atoms with E-state index in [9.17, 15) is 8.78 Å². The second-order valence-corrected chi connectivity index (χ2v) is 5.56. The maximum atomic E-state index is 13.7. The van der Waals surface area contributed by atoms with E-state index in [4.69, 9.17) is 0 Å². The zero-order chi connectivity index (χ0) is 15.7. The predicted molar refractivity (Wildman–Crippen MR) is 84.9 cm³/mol. The van der Waals surface area contributed by atoms with Crippen molar-refractivity contribution in [3.8, 4) is 0 Å². The first kappa shape index (κ1) is 17.9. The van der Waals surface area contributed by atoms with Gasteiger partial charge in [-0.3, -0.25) is 0 Å². The first-order valence-corrected chi connectivity index (χ1v) is 7.94. The monoisotopic (exact) mass is 298 g/mol. The molecule has 21 heavy (non-hydrogen) atoms. The zero-order valence-electron chi connectivity index (χ0n) is 13.4. The molecule has 4 heteroatoms. The lowest BCUT2D eigenvalue weighted by atomic mass is 10.0. The Morgan fingerprint density at radius 1 is 1.24 bits per heavy atom. The van der Waals surface area contributed by atoms with E-state index in [2.05, 4.69) is 13.5 Å². The minimum absolute atomic E-state index is 0.177. The maximum absolute atomic E-state index is 13.7. The summed E-state index contributed by atoms with van der Waals surface area (Å²) >= 11 is 0. The molecule has 0 aromatic carbocycles. The van der Waals surface area contributed by atoms with Gasteiger partial charge in [-0.2, -0.15) is 0 Å². The summed E-state index contributed by atoms with van der Waals surface area (Å²) < 4.78 is 27.1. The van der Waals surface area contributed by atoms with Crippen LogP contribution in [-0.2, 0) is 0 Å². The fourth-order valence-electron chi connectivity index (χ4n) is 2.45. The van der Waals surface area contributed by atoms with Crippen molar-refractivity contribution in [1.82, 2.24) is 10.0 Å². The highest BCUT2D eigenvalue weighted by Crippen LogP contribution is 2.28. The highest BCUT2D eigenvalue weighted by molar-refractivity contribution is 5.32. The molecule has 0 fully saturated rings. The molecule has 0 aromatic heterocycles. The molecule has 0 atom stereocenters. The third-order valence-electron chi connectivity index (χ3n) is 3.84. The molecule has 120 valence electrons. The summed E-state index contributed by atoms with van der Waals surface area (Å²) in [5, 5.41) is 3.88. The summed E-state index contributed by atoms with van der Waals surface area (Å²) in [5.41, 5.74) is 0.427. The van der Waals surface area contributed by atoms with Gasteiger partial charge in [0.05, 0.1) is 6.54 Å². The highest BCUT2D eigenvalue weighted by Gasteiger charge is 2.18. The Kier molecular flexibility index (Phi) is 8.28. The van der Waals surface area contributed by atoms with Crippen molar-refractivity contribution in [1.29, 1.82) is 0 Å². The fourth-order valence-corrected chi connectivity index (χ4v) is 2.45. The second kappa shape index (κ2) is 9.72. The van der Waals surface area contributed by atoms with Gasteiger partial charge in [-0.1, -0.05) is 45.3 Å². The summed E-state index contributed by atoms with van der Waals surface area (Å²) in [4.78, 5) is 0. The molecule has 0 bridgehead atoms. The number of hydrazine groups is 1. The van der Waals surface area contributed by atoms with E-state index < -0.39 is 11.7 Å². The Morgan fingerprint density at radius 2 is 1.95 bits per heavy atom. The SMILES string of the molecule is C=CN(CC1=CCCC(F)=C1F)N(C)CCCCCCC. The van der Waals surface area contributed by atoms with Crippen LogP contribution in [0.15, 0.2) is 36.1 Å². The normalized spacial score (nSPS) is 15.4. The molecule has 0 saturated carbocycles. The maximum Gasteiger partial charge on any atom is 0.159 e. The van der Waals surface area contributed by atoms with Crippen molar-refractivity contribution in [2.24, 2.45) is 0 Å². The molecule has 0 unspecified atom stereocenters. The summed E-state index contributed by atoms with van der Waals surface area (Å²) in [7, 11) is 1.96. The van der Waals surface area contributed by atoms with Crippen LogP contribution < -0.4 is 0 Å². The van der Waals surface area contributed by atoms with Gasteiger partial charge in [0, 0.05) is 31.8 Å². The standard InChI is InChI=1S/C17H28F2N2/c1-4-6-7-8-9-13-20(3)21(5-2)14-15-11-10-12-16(18)17(15)19/h5,11H,2,4,6-10,12-14H2,1,3H3. The summed E-state index contributed by atoms with van der Waals surface area (Å²) in [6.45, 7) is 7.21. The number of hydrogen-bond acceptors (Lipinski definition) is 2. The number of rotatable bonds is 10. The molecule has 0 saturated heterocycles. The lowest BCUT2D eigenvalue weighted by Crippen LogP contribution is -2.37. The molecule has 0 aromatic rings. The Bertz CT molecular complexity index is 388. The zero-order valence-corrected chi connectivity index (χ0v) is 13.4. The van der Waals surface area contributed by atoms with Crippen LogP contribution in [0.2, 0.25) is 0 Å². The summed E-state index contributed by atoms with van der Waals surface area (Å²) in [6.07, 6.45) is 10.3. The fraction of sp³-hybridized carbons (Fsp3) is 0.647. The Balaban J connectivity index is 2.43. The van der Waals surface area contributed by atoms with Crippen LogP contribution in [0.5, 0.6) is 0 Å². The van der Waals surface area contributed by atoms with Crippen LogP contribution in [0.4, 0.5) is 8.78 Å². The van der Waals surface area contributed by atoms with Crippen molar-refractivity contribution in [2.75, 3.05) is 20.1 Å². The van der Waals surface area contributed by atoms with Gasteiger partial charge < -0.3 is 5.01 Å². The molecule has 1 rings (SSSR count). The molecule has 0 radical (unpaired) electrons. The first-order valence-electron chi connectivity index (χ1n) is 7.94. The molecule has 0 heterocycles. The highest BCUT2D eigenvalue weighted by atomic mass is 19.2. The van der Waals surface area contributed by atoms with Crippen molar-refractivity contribution >= 4 is 0 Å². The van der Waals surface area contributed by atoms with Crippen LogP contribution in [0, 0.1) is 0 Å². The smallest absolute Gasteiger partial charge is 0.159 e. The van der Waals surface area contributed by atoms with E-state index in [-0.39, 0.29) is 6.42 Å². The third kappa shape index (κ3) is 6.00. The third-order valence-corrected chi connectivity index (χ3v) is 3.84. The van der Waals surface area contributed by atoms with Crippen molar-refractivity contribution in [2.45, 2.75) is 51.9 Å². The van der Waals surface area contributed by atoms with Crippen molar-refractivity contribution < 1.29 is 8.78 Å². The number of unbranched alkanes of at least 4 members (excludes halogenated alkanes) is 4. The van der Waals surface area contributed by atoms with E-state index in [0.29, 0.717) is 18.5 Å². The molecule has 0 amide bonds. The summed E-state index contributed by atoms with van der Waals surface area (Å²) in [6, 6.07) is 0. The molecule has 0 spiro atoms. The summed E-state index contributed by atoms with van der Waals surface area (Å²) in [5.74, 6) is -1.32. The van der Waals surface area contributed by atoms with Gasteiger partial charge in [0.25, 0.3) is 0 Å². The van der Waals surface area contributed by atoms with Gasteiger partial charge in [0.2, 0.25) is 0 Å². The van der Waals surface area contributed by atoms with Gasteiger partial charge >= 0.3 is 0 Å². The van der Waals surface area contributed by atoms with Gasteiger partial charge in [-0.25, -0.2) is 13.8 Å². The van der Waals surface area contributed by atoms with Crippen LogP contribution in [0.25, 0.3) is 0 Å². The quantitative estimate of drug-likeness (QED) is 0.408. The minimum atomic E-state index is -0.690. The van der Waals surface area contributed by atoms with Gasteiger partial charge in [-0.15, -0.1) is 0 Å². The van der Waals surface area contributed by atoms with E-state index >= 15 is 0 Å². The van der Waals surface area contributed by atoms with E-state index in [0.717, 1.165) is 13.0 Å². The Morgan fingerprint density at radius 3 is 2.62 bits per heavy atom. The molecule has 2 nitrogen and oxygen atoms in total. The number of nitrogens with zero attached hydrogens (tertiary/aromatic N) is 2. The molecular formula is C17H28F2N2. The first-order chi connectivity index (χ1) is 10.1. The van der Waals surface area contributed by atoms with Crippen LogP contribution in [-0.4, -0.2) is 30.2 Å². The second-order valence-electron chi connectivity index (χ2n) is 5.56. The molecule has 1 aliphatic carbocycles. The minimum Gasteiger partial charge on any atom is -0.309 e. The van der Waals surface area contributed by atoms with Crippen molar-refractivity contribution in [3.63, 3.8) is 0 Å². The number of halogens is 2. The van der Waals surface area contributed by atoms with Crippen LogP contribution >= 0.6 is 0 Å². The van der Waals surface area contributed by atoms with Crippen LogP contribution in [0.1, 0.15) is 51.9 Å². The number of hydrogen-bond donors (Lipinski definition) is 0. The van der Waals surface area contributed by atoms with E-state index in [1.165, 1.54) is 25.7 Å². The molecule has 1 aliphatic rings. The van der Waals surface area contributed by atoms with E-state index in [1.54, 1.807) is 12.3 Å². The predicted octanol–water partition coefficient (Wildman–Crippen LogP) is 5.12. The average Bonchev–Trinajstić information content (AvgIpc) is 2.48. The Hall–Kier alpha value is -1.16. The largest absolute Gasteiger partial charge is 0.309 e.